The highest BCUT2D eigenvalue weighted by molar-refractivity contribution is 7.89. The molecule has 0 aromatic heterocycles. The van der Waals surface area contributed by atoms with Crippen LogP contribution in [0.15, 0.2) is 41.8 Å². The molecule has 2 N–H and O–H groups in total. The topological polar surface area (TPSA) is 86.7 Å². The largest absolute Gasteiger partial charge is 0.391 e. The molecule has 0 spiro atoms. The van der Waals surface area contributed by atoms with Gasteiger partial charge in [-0.15, -0.1) is 6.58 Å². The van der Waals surface area contributed by atoms with Gasteiger partial charge in [-0.3, -0.25) is 4.79 Å². The molecule has 120 valence electrons. The number of carbonyl (C=O) groups is 1. The minimum atomic E-state index is -3.66. The van der Waals surface area contributed by atoms with Crippen molar-refractivity contribution in [3.8, 4) is 0 Å². The number of sulfonamides is 1. The Bertz CT molecular complexity index is 657. The van der Waals surface area contributed by atoms with E-state index in [1.165, 1.54) is 24.3 Å². The average Bonchev–Trinajstić information content (AvgIpc) is 2.52. The predicted octanol–water partition coefficient (Wildman–Crippen LogP) is 0.748. The highest BCUT2D eigenvalue weighted by Crippen LogP contribution is 2.16. The molecular formula is C15H20N2O4S. The fourth-order valence-corrected chi connectivity index (χ4v) is 3.41. The maximum absolute atomic E-state index is 12.4. The molecule has 0 radical (unpaired) electrons. The van der Waals surface area contributed by atoms with Gasteiger partial charge in [0, 0.05) is 25.2 Å². The number of piperidine rings is 1. The summed E-state index contributed by atoms with van der Waals surface area (Å²) < 4.78 is 26.5. The van der Waals surface area contributed by atoms with Gasteiger partial charge >= 0.3 is 0 Å². The van der Waals surface area contributed by atoms with Crippen LogP contribution in [0.1, 0.15) is 23.2 Å². The summed E-state index contributed by atoms with van der Waals surface area (Å²) in [4.78, 5) is 14.0. The van der Waals surface area contributed by atoms with Crippen molar-refractivity contribution in [2.75, 3.05) is 19.6 Å². The quantitative estimate of drug-likeness (QED) is 0.783. The van der Waals surface area contributed by atoms with Gasteiger partial charge in [0.25, 0.3) is 5.91 Å². The van der Waals surface area contributed by atoms with Crippen molar-refractivity contribution in [1.29, 1.82) is 0 Å². The Balaban J connectivity index is 2.20. The molecule has 1 unspecified atom stereocenters. The normalized spacial score (nSPS) is 19.0. The Kier molecular flexibility index (Phi) is 5.33. The van der Waals surface area contributed by atoms with E-state index in [1.54, 1.807) is 11.0 Å². The molecule has 1 heterocycles. The number of carbonyl (C=O) groups excluding carboxylic acids is 1. The van der Waals surface area contributed by atoms with E-state index in [-0.39, 0.29) is 23.9 Å². The van der Waals surface area contributed by atoms with Gasteiger partial charge in [-0.25, -0.2) is 13.1 Å². The SMILES string of the molecule is C=CCNS(=O)(=O)c1cccc(C(=O)N2CCCC(O)C2)c1. The van der Waals surface area contributed by atoms with E-state index in [1.807, 2.05) is 0 Å². The number of β-amino-alcohol motifs (C(OH)–C–C–N with tert-alkyl or cyclic N) is 1. The number of benzene rings is 1. The van der Waals surface area contributed by atoms with E-state index in [2.05, 4.69) is 11.3 Å². The summed E-state index contributed by atoms with van der Waals surface area (Å²) in [6.45, 7) is 4.44. The molecule has 2 rings (SSSR count). The third kappa shape index (κ3) is 3.94. The zero-order valence-corrected chi connectivity index (χ0v) is 13.1. The molecule has 1 aliphatic rings. The van der Waals surface area contributed by atoms with Gasteiger partial charge in [-0.05, 0) is 31.0 Å². The van der Waals surface area contributed by atoms with E-state index in [0.717, 1.165) is 6.42 Å². The Hall–Kier alpha value is -1.70. The van der Waals surface area contributed by atoms with E-state index >= 15 is 0 Å². The third-order valence-corrected chi connectivity index (χ3v) is 4.91. The van der Waals surface area contributed by atoms with E-state index in [9.17, 15) is 18.3 Å². The van der Waals surface area contributed by atoms with Crippen LogP contribution < -0.4 is 4.72 Å². The van der Waals surface area contributed by atoms with Gasteiger partial charge in [0.2, 0.25) is 10.0 Å². The number of nitrogens with zero attached hydrogens (tertiary/aromatic N) is 1. The summed E-state index contributed by atoms with van der Waals surface area (Å²) in [6.07, 6.45) is 2.36. The summed E-state index contributed by atoms with van der Waals surface area (Å²) >= 11 is 0. The van der Waals surface area contributed by atoms with Crippen LogP contribution in [0.4, 0.5) is 0 Å². The Morgan fingerprint density at radius 1 is 1.50 bits per heavy atom. The number of likely N-dealkylation sites (tertiary alicyclic amines) is 1. The van der Waals surface area contributed by atoms with Crippen LogP contribution in [0.25, 0.3) is 0 Å². The number of amides is 1. The summed E-state index contributed by atoms with van der Waals surface area (Å²) in [6, 6.07) is 5.91. The average molecular weight is 324 g/mol. The Labute approximate surface area is 130 Å². The van der Waals surface area contributed by atoms with E-state index in [4.69, 9.17) is 0 Å². The van der Waals surface area contributed by atoms with Crippen LogP contribution >= 0.6 is 0 Å². The number of aliphatic hydroxyl groups excluding tert-OH is 1. The van der Waals surface area contributed by atoms with E-state index in [0.29, 0.717) is 18.5 Å². The van der Waals surface area contributed by atoms with Crippen LogP contribution in [0.2, 0.25) is 0 Å². The number of aliphatic hydroxyl groups is 1. The summed E-state index contributed by atoms with van der Waals surface area (Å²) in [5, 5.41) is 9.65. The molecule has 1 aromatic carbocycles. The first-order valence-electron chi connectivity index (χ1n) is 7.12. The van der Waals surface area contributed by atoms with Crippen molar-refractivity contribution in [2.24, 2.45) is 0 Å². The lowest BCUT2D eigenvalue weighted by Gasteiger charge is -2.30. The summed E-state index contributed by atoms with van der Waals surface area (Å²) in [7, 11) is -3.66. The molecule has 1 aromatic rings. The number of nitrogens with one attached hydrogen (secondary N) is 1. The van der Waals surface area contributed by atoms with Gasteiger partial charge in [0.15, 0.2) is 0 Å². The zero-order chi connectivity index (χ0) is 16.2. The monoisotopic (exact) mass is 324 g/mol. The Morgan fingerprint density at radius 3 is 2.95 bits per heavy atom. The molecule has 1 fully saturated rings. The zero-order valence-electron chi connectivity index (χ0n) is 12.2. The van der Waals surface area contributed by atoms with Crippen molar-refractivity contribution >= 4 is 15.9 Å². The van der Waals surface area contributed by atoms with Gasteiger partial charge in [-0.2, -0.15) is 0 Å². The predicted molar refractivity (Wildman–Crippen MR) is 83.0 cm³/mol. The number of hydrogen-bond donors (Lipinski definition) is 2. The first-order chi connectivity index (χ1) is 10.4. The van der Waals surface area contributed by atoms with Crippen LogP contribution in [0.5, 0.6) is 0 Å². The van der Waals surface area contributed by atoms with Crippen molar-refractivity contribution in [3.63, 3.8) is 0 Å². The minimum Gasteiger partial charge on any atom is -0.391 e. The highest BCUT2D eigenvalue weighted by atomic mass is 32.2. The van der Waals surface area contributed by atoms with Gasteiger partial charge in [0.05, 0.1) is 11.0 Å². The fraction of sp³-hybridized carbons (Fsp3) is 0.400. The molecule has 1 amide bonds. The molecule has 0 aliphatic carbocycles. The van der Waals surface area contributed by atoms with Crippen LogP contribution in [0, 0.1) is 0 Å². The second kappa shape index (κ2) is 7.04. The third-order valence-electron chi connectivity index (χ3n) is 3.49. The Morgan fingerprint density at radius 2 is 2.27 bits per heavy atom. The maximum Gasteiger partial charge on any atom is 0.253 e. The number of hydrogen-bond acceptors (Lipinski definition) is 4. The van der Waals surface area contributed by atoms with Crippen molar-refractivity contribution in [3.05, 3.63) is 42.5 Å². The van der Waals surface area contributed by atoms with Gasteiger partial charge < -0.3 is 10.0 Å². The van der Waals surface area contributed by atoms with Crippen LogP contribution in [0.3, 0.4) is 0 Å². The molecule has 22 heavy (non-hydrogen) atoms. The van der Waals surface area contributed by atoms with Crippen molar-refractivity contribution < 1.29 is 18.3 Å². The second-order valence-corrected chi connectivity index (χ2v) is 6.98. The summed E-state index contributed by atoms with van der Waals surface area (Å²) in [5.74, 6) is -0.264. The van der Waals surface area contributed by atoms with Gasteiger partial charge in [-0.1, -0.05) is 12.1 Å². The van der Waals surface area contributed by atoms with Crippen LogP contribution in [-0.2, 0) is 10.0 Å². The van der Waals surface area contributed by atoms with Crippen molar-refractivity contribution in [2.45, 2.75) is 23.8 Å². The molecule has 7 heteroatoms. The molecule has 6 nitrogen and oxygen atoms in total. The highest BCUT2D eigenvalue weighted by Gasteiger charge is 2.24. The van der Waals surface area contributed by atoms with Gasteiger partial charge in [0.1, 0.15) is 0 Å². The first-order valence-corrected chi connectivity index (χ1v) is 8.60. The molecule has 1 aliphatic heterocycles. The first kappa shape index (κ1) is 16.7. The lowest BCUT2D eigenvalue weighted by atomic mass is 10.1. The molecular weight excluding hydrogens is 304 g/mol. The molecule has 0 bridgehead atoms. The minimum absolute atomic E-state index is 0.0396. The molecule has 0 saturated carbocycles. The number of rotatable bonds is 5. The fourth-order valence-electron chi connectivity index (χ4n) is 2.37. The van der Waals surface area contributed by atoms with Crippen molar-refractivity contribution in [1.82, 2.24) is 9.62 Å². The molecule has 1 saturated heterocycles. The summed E-state index contributed by atoms with van der Waals surface area (Å²) in [5.41, 5.74) is 0.301. The van der Waals surface area contributed by atoms with E-state index < -0.39 is 16.1 Å². The smallest absolute Gasteiger partial charge is 0.253 e. The lowest BCUT2D eigenvalue weighted by molar-refractivity contribution is 0.0473. The maximum atomic E-state index is 12.4. The second-order valence-electron chi connectivity index (χ2n) is 5.22. The lowest BCUT2D eigenvalue weighted by Crippen LogP contribution is -2.42. The molecule has 1 atom stereocenters. The standard InChI is InChI=1S/C15H20N2O4S/c1-2-8-16-22(20,21)14-7-3-5-12(10-14)15(19)17-9-4-6-13(18)11-17/h2-3,5,7,10,13,16,18H,1,4,6,8-9,11H2. The van der Waals surface area contributed by atoms with Crippen LogP contribution in [-0.4, -0.2) is 50.1 Å².